The highest BCUT2D eigenvalue weighted by atomic mass is 32.1. The maximum absolute atomic E-state index is 8.75. The highest BCUT2D eigenvalue weighted by Crippen LogP contribution is 2.31. The molecule has 0 amide bonds. The molecule has 4 nitrogen and oxygen atoms in total. The zero-order valence-electron chi connectivity index (χ0n) is 10.1. The number of hydrogen-bond acceptors (Lipinski definition) is 5. The lowest BCUT2D eigenvalue weighted by molar-refractivity contribution is 0.468. The molecular weight excluding hydrogens is 258 g/mol. The lowest BCUT2D eigenvalue weighted by Crippen LogP contribution is -1.89. The molecule has 0 bridgehead atoms. The van der Waals surface area contributed by atoms with E-state index in [1.807, 2.05) is 13.0 Å². The Kier molecular flexibility index (Phi) is 2.86. The summed E-state index contributed by atoms with van der Waals surface area (Å²) in [4.78, 5) is 10.5. The van der Waals surface area contributed by atoms with E-state index in [4.69, 9.17) is 10.00 Å². The zero-order chi connectivity index (χ0) is 13.2. The molecule has 2 aromatic heterocycles. The number of nitrogens with zero attached hydrogens (tertiary/aromatic N) is 3. The number of ether oxygens (including phenoxy) is 1. The van der Waals surface area contributed by atoms with E-state index >= 15 is 0 Å². The number of hydrogen-bond donors (Lipinski definition) is 0. The van der Waals surface area contributed by atoms with Gasteiger partial charge in [0.1, 0.15) is 16.9 Å². The molecule has 92 valence electrons. The zero-order valence-corrected chi connectivity index (χ0v) is 10.9. The number of fused-ring (bicyclic) bond motifs is 1. The highest BCUT2D eigenvalue weighted by molar-refractivity contribution is 7.18. The van der Waals surface area contributed by atoms with E-state index in [0.29, 0.717) is 17.2 Å². The summed E-state index contributed by atoms with van der Waals surface area (Å²) in [6.45, 7) is 2.03. The van der Waals surface area contributed by atoms with Crippen molar-refractivity contribution in [2.75, 3.05) is 0 Å². The van der Waals surface area contributed by atoms with Gasteiger partial charge >= 0.3 is 0 Å². The van der Waals surface area contributed by atoms with Gasteiger partial charge in [-0.1, -0.05) is 0 Å². The van der Waals surface area contributed by atoms with Crippen LogP contribution in [0.2, 0.25) is 0 Å². The van der Waals surface area contributed by atoms with Crippen LogP contribution in [0.3, 0.4) is 0 Å². The van der Waals surface area contributed by atoms with Gasteiger partial charge in [-0.05, 0) is 37.3 Å². The molecule has 0 radical (unpaired) electrons. The predicted molar refractivity (Wildman–Crippen MR) is 73.4 cm³/mol. The molecule has 0 spiro atoms. The number of aromatic nitrogens is 2. The van der Waals surface area contributed by atoms with Gasteiger partial charge in [-0.25, -0.2) is 9.97 Å². The van der Waals surface area contributed by atoms with E-state index in [9.17, 15) is 0 Å². The molecule has 0 unspecified atom stereocenters. The molecule has 0 aliphatic rings. The van der Waals surface area contributed by atoms with Gasteiger partial charge in [-0.3, -0.25) is 0 Å². The Morgan fingerprint density at radius 3 is 2.74 bits per heavy atom. The normalized spacial score (nSPS) is 10.3. The first-order valence-electron chi connectivity index (χ1n) is 5.65. The van der Waals surface area contributed by atoms with Gasteiger partial charge < -0.3 is 4.74 Å². The van der Waals surface area contributed by atoms with Gasteiger partial charge in [0.15, 0.2) is 0 Å². The number of rotatable bonds is 2. The smallest absolute Gasteiger partial charge is 0.231 e. The van der Waals surface area contributed by atoms with Crippen LogP contribution in [0.1, 0.15) is 10.4 Å². The van der Waals surface area contributed by atoms with Gasteiger partial charge in [0.2, 0.25) is 5.88 Å². The fraction of sp³-hybridized carbons (Fsp3) is 0.0714. The van der Waals surface area contributed by atoms with E-state index in [2.05, 4.69) is 16.0 Å². The molecule has 3 rings (SSSR count). The quantitative estimate of drug-likeness (QED) is 0.711. The second-order valence-electron chi connectivity index (χ2n) is 3.99. The van der Waals surface area contributed by atoms with Crippen LogP contribution in [0, 0.1) is 18.3 Å². The van der Waals surface area contributed by atoms with Crippen LogP contribution in [0.4, 0.5) is 0 Å². The molecule has 3 aromatic rings. The van der Waals surface area contributed by atoms with Crippen molar-refractivity contribution in [1.29, 1.82) is 5.26 Å². The largest absolute Gasteiger partial charge is 0.438 e. The summed E-state index contributed by atoms with van der Waals surface area (Å²) in [6, 6.07) is 11.0. The third-order valence-corrected chi connectivity index (χ3v) is 3.57. The highest BCUT2D eigenvalue weighted by Gasteiger charge is 2.08. The summed E-state index contributed by atoms with van der Waals surface area (Å²) in [5.74, 6) is 1.20. The maximum atomic E-state index is 8.75. The number of benzene rings is 1. The molecule has 0 aliphatic heterocycles. The van der Waals surface area contributed by atoms with E-state index in [0.717, 1.165) is 10.2 Å². The Balaban J connectivity index is 1.98. The lowest BCUT2D eigenvalue weighted by atomic mass is 10.2. The Hall–Kier alpha value is -2.45. The molecule has 0 aliphatic carbocycles. The van der Waals surface area contributed by atoms with Gasteiger partial charge in [0.25, 0.3) is 0 Å². The van der Waals surface area contributed by atoms with Crippen molar-refractivity contribution in [2.45, 2.75) is 6.92 Å². The minimum absolute atomic E-state index is 0.541. The molecule has 0 N–H and O–H groups in total. The van der Waals surface area contributed by atoms with Crippen LogP contribution < -0.4 is 4.74 Å². The van der Waals surface area contributed by atoms with Gasteiger partial charge in [-0.2, -0.15) is 5.26 Å². The van der Waals surface area contributed by atoms with Crippen molar-refractivity contribution in [3.05, 3.63) is 47.1 Å². The molecule has 1 aromatic carbocycles. The molecule has 2 heterocycles. The monoisotopic (exact) mass is 267 g/mol. The second-order valence-corrected chi connectivity index (χ2v) is 5.23. The minimum atomic E-state index is 0.541. The van der Waals surface area contributed by atoms with Crippen molar-refractivity contribution in [1.82, 2.24) is 9.97 Å². The molecular formula is C14H9N3OS. The van der Waals surface area contributed by atoms with Gasteiger partial charge in [0, 0.05) is 4.88 Å². The third kappa shape index (κ3) is 2.26. The molecule has 0 atom stereocenters. The fourth-order valence-electron chi connectivity index (χ4n) is 1.74. The van der Waals surface area contributed by atoms with Crippen molar-refractivity contribution >= 4 is 21.6 Å². The lowest BCUT2D eigenvalue weighted by Gasteiger charge is -2.04. The Morgan fingerprint density at radius 1 is 1.21 bits per heavy atom. The predicted octanol–water partition coefficient (Wildman–Crippen LogP) is 3.66. The average Bonchev–Trinajstić information content (AvgIpc) is 2.81. The number of thiophene rings is 1. The van der Waals surface area contributed by atoms with E-state index in [-0.39, 0.29) is 0 Å². The molecule has 5 heteroatoms. The van der Waals surface area contributed by atoms with E-state index < -0.39 is 0 Å². The van der Waals surface area contributed by atoms with Crippen LogP contribution in [-0.2, 0) is 0 Å². The molecule has 0 saturated carbocycles. The molecule has 19 heavy (non-hydrogen) atoms. The Morgan fingerprint density at radius 2 is 2.00 bits per heavy atom. The average molecular weight is 267 g/mol. The summed E-state index contributed by atoms with van der Waals surface area (Å²) in [5.41, 5.74) is 0.603. The fourth-order valence-corrected chi connectivity index (χ4v) is 2.58. The molecule has 0 saturated heterocycles. The van der Waals surface area contributed by atoms with Crippen LogP contribution in [0.25, 0.3) is 10.2 Å². The van der Waals surface area contributed by atoms with Crippen molar-refractivity contribution in [3.63, 3.8) is 0 Å². The summed E-state index contributed by atoms with van der Waals surface area (Å²) in [5, 5.41) is 9.66. The first kappa shape index (κ1) is 11.6. The minimum Gasteiger partial charge on any atom is -0.438 e. The Bertz CT molecular complexity index is 771. The van der Waals surface area contributed by atoms with Crippen molar-refractivity contribution in [2.24, 2.45) is 0 Å². The summed E-state index contributed by atoms with van der Waals surface area (Å²) in [6.07, 6.45) is 1.50. The van der Waals surface area contributed by atoms with Crippen LogP contribution in [-0.4, -0.2) is 9.97 Å². The van der Waals surface area contributed by atoms with Crippen molar-refractivity contribution < 1.29 is 4.74 Å². The van der Waals surface area contributed by atoms with Crippen LogP contribution in [0.15, 0.2) is 36.7 Å². The third-order valence-electron chi connectivity index (χ3n) is 2.61. The second kappa shape index (κ2) is 4.67. The van der Waals surface area contributed by atoms with Gasteiger partial charge in [-0.15, -0.1) is 11.3 Å². The number of nitriles is 1. The van der Waals surface area contributed by atoms with Gasteiger partial charge in [0.05, 0.1) is 17.0 Å². The first-order chi connectivity index (χ1) is 9.26. The standard InChI is InChI=1S/C14H9N3OS/c1-9-6-12-13(16-8-17-14(12)19-9)18-11-4-2-10(7-15)3-5-11/h2-6,8H,1H3. The topological polar surface area (TPSA) is 58.8 Å². The van der Waals surface area contributed by atoms with Crippen LogP contribution in [0.5, 0.6) is 11.6 Å². The molecule has 0 fully saturated rings. The van der Waals surface area contributed by atoms with E-state index in [1.165, 1.54) is 11.2 Å². The first-order valence-corrected chi connectivity index (χ1v) is 6.47. The maximum Gasteiger partial charge on any atom is 0.231 e. The van der Waals surface area contributed by atoms with Crippen LogP contribution >= 0.6 is 11.3 Å². The summed E-state index contributed by atoms with van der Waals surface area (Å²) in [7, 11) is 0. The summed E-state index contributed by atoms with van der Waals surface area (Å²) < 4.78 is 5.75. The SMILES string of the molecule is Cc1cc2c(Oc3ccc(C#N)cc3)ncnc2s1. The van der Waals surface area contributed by atoms with E-state index in [1.54, 1.807) is 35.6 Å². The number of aryl methyl sites for hydroxylation is 1. The van der Waals surface area contributed by atoms with Crippen molar-refractivity contribution in [3.8, 4) is 17.7 Å². The Labute approximate surface area is 113 Å². The summed E-state index contributed by atoms with van der Waals surface area (Å²) >= 11 is 1.61.